The van der Waals surface area contributed by atoms with Gasteiger partial charge in [-0.05, 0) is 30.0 Å². The molecule has 0 N–H and O–H groups in total. The molecule has 0 aliphatic heterocycles. The third-order valence-electron chi connectivity index (χ3n) is 2.07. The van der Waals surface area contributed by atoms with Gasteiger partial charge in [0.05, 0.1) is 4.88 Å². The molecule has 0 amide bonds. The Balaban J connectivity index is 2.83. The van der Waals surface area contributed by atoms with Crippen LogP contribution in [0.3, 0.4) is 0 Å². The van der Waals surface area contributed by atoms with E-state index >= 15 is 0 Å². The van der Waals surface area contributed by atoms with E-state index in [0.29, 0.717) is 0 Å². The zero-order chi connectivity index (χ0) is 9.42. The molecule has 0 radical (unpaired) electrons. The Labute approximate surface area is 85.8 Å². The van der Waals surface area contributed by atoms with Gasteiger partial charge in [0.1, 0.15) is 0 Å². The molecule has 0 spiro atoms. The van der Waals surface area contributed by atoms with Gasteiger partial charge in [0.15, 0.2) is 6.29 Å². The first-order valence-corrected chi connectivity index (χ1v) is 5.16. The smallest absolute Gasteiger partial charge is 0.160 e. The van der Waals surface area contributed by atoms with Gasteiger partial charge in [0, 0.05) is 9.60 Å². The normalized spacial score (nSPS) is 10.6. The van der Waals surface area contributed by atoms with E-state index < -0.39 is 0 Å². The molecular weight excluding hydrogens is 200 g/mol. The van der Waals surface area contributed by atoms with Crippen molar-refractivity contribution in [2.45, 2.75) is 11.8 Å². The fourth-order valence-electron chi connectivity index (χ4n) is 1.35. The summed E-state index contributed by atoms with van der Waals surface area (Å²) in [6, 6.07) is 5.94. The SMILES string of the molecule is Cc1c(C=O)sc2cc(S)ccc12. The van der Waals surface area contributed by atoms with E-state index in [1.807, 2.05) is 25.1 Å². The predicted octanol–water partition coefficient (Wildman–Crippen LogP) is 3.31. The summed E-state index contributed by atoms with van der Waals surface area (Å²) >= 11 is 5.77. The van der Waals surface area contributed by atoms with Crippen molar-refractivity contribution in [3.8, 4) is 0 Å². The van der Waals surface area contributed by atoms with Crippen molar-refractivity contribution in [3.05, 3.63) is 28.6 Å². The van der Waals surface area contributed by atoms with Crippen LogP contribution in [0.5, 0.6) is 0 Å². The molecule has 1 heterocycles. The van der Waals surface area contributed by atoms with Crippen LogP contribution >= 0.6 is 24.0 Å². The number of hydrogen-bond acceptors (Lipinski definition) is 3. The topological polar surface area (TPSA) is 17.1 Å². The Morgan fingerprint density at radius 2 is 2.23 bits per heavy atom. The van der Waals surface area contributed by atoms with E-state index in [1.165, 1.54) is 11.3 Å². The minimum Gasteiger partial charge on any atom is -0.297 e. The van der Waals surface area contributed by atoms with Crippen LogP contribution in [-0.4, -0.2) is 6.29 Å². The van der Waals surface area contributed by atoms with Crippen LogP contribution in [0.15, 0.2) is 23.1 Å². The Morgan fingerprint density at radius 3 is 2.92 bits per heavy atom. The van der Waals surface area contributed by atoms with Gasteiger partial charge >= 0.3 is 0 Å². The van der Waals surface area contributed by atoms with Crippen molar-refractivity contribution in [3.63, 3.8) is 0 Å². The van der Waals surface area contributed by atoms with Crippen molar-refractivity contribution in [2.75, 3.05) is 0 Å². The maximum atomic E-state index is 10.7. The molecule has 3 heteroatoms. The Bertz CT molecular complexity index is 471. The number of thiol groups is 1. The van der Waals surface area contributed by atoms with Gasteiger partial charge in [-0.15, -0.1) is 24.0 Å². The van der Waals surface area contributed by atoms with Gasteiger partial charge < -0.3 is 0 Å². The molecule has 0 fully saturated rings. The lowest BCUT2D eigenvalue weighted by Gasteiger charge is -1.92. The summed E-state index contributed by atoms with van der Waals surface area (Å²) in [5.74, 6) is 0. The summed E-state index contributed by atoms with van der Waals surface area (Å²) in [4.78, 5) is 12.4. The average Bonchev–Trinajstić information content (AvgIpc) is 2.42. The van der Waals surface area contributed by atoms with Crippen LogP contribution in [0.4, 0.5) is 0 Å². The predicted molar refractivity (Wildman–Crippen MR) is 59.2 cm³/mol. The van der Waals surface area contributed by atoms with Crippen LogP contribution in [-0.2, 0) is 0 Å². The van der Waals surface area contributed by atoms with Gasteiger partial charge in [-0.3, -0.25) is 4.79 Å². The largest absolute Gasteiger partial charge is 0.297 e. The molecule has 1 aromatic heterocycles. The third-order valence-corrected chi connectivity index (χ3v) is 3.52. The average molecular weight is 208 g/mol. The second-order valence-electron chi connectivity index (χ2n) is 2.89. The highest BCUT2D eigenvalue weighted by molar-refractivity contribution is 7.80. The number of aldehydes is 1. The lowest BCUT2D eigenvalue weighted by molar-refractivity contribution is 0.112. The summed E-state index contributed by atoms with van der Waals surface area (Å²) in [6.07, 6.45) is 0.915. The number of fused-ring (bicyclic) bond motifs is 1. The number of carbonyl (C=O) groups is 1. The minimum absolute atomic E-state index is 0.814. The molecule has 0 saturated carbocycles. The maximum Gasteiger partial charge on any atom is 0.160 e. The third kappa shape index (κ3) is 1.38. The van der Waals surface area contributed by atoms with E-state index in [-0.39, 0.29) is 0 Å². The zero-order valence-corrected chi connectivity index (χ0v) is 8.78. The quantitative estimate of drug-likeness (QED) is 0.562. The standard InChI is InChI=1S/C10H8OS2/c1-6-8-3-2-7(12)4-9(8)13-10(6)5-11/h2-5,12H,1H3. The second-order valence-corrected chi connectivity index (χ2v) is 4.49. The van der Waals surface area contributed by atoms with Gasteiger partial charge in [0.2, 0.25) is 0 Å². The number of hydrogen-bond donors (Lipinski definition) is 1. The first-order chi connectivity index (χ1) is 6.22. The highest BCUT2D eigenvalue weighted by Gasteiger charge is 2.06. The van der Waals surface area contributed by atoms with Crippen LogP contribution in [0, 0.1) is 6.92 Å². The van der Waals surface area contributed by atoms with E-state index in [4.69, 9.17) is 0 Å². The Kier molecular flexibility index (Phi) is 2.14. The van der Waals surface area contributed by atoms with Gasteiger partial charge in [-0.25, -0.2) is 0 Å². The van der Waals surface area contributed by atoms with Gasteiger partial charge in [-0.2, -0.15) is 0 Å². The molecule has 0 aliphatic rings. The van der Waals surface area contributed by atoms with E-state index in [1.54, 1.807) is 0 Å². The molecule has 0 atom stereocenters. The number of thiophene rings is 1. The first-order valence-electron chi connectivity index (χ1n) is 3.89. The number of aryl methyl sites for hydroxylation is 1. The zero-order valence-electron chi connectivity index (χ0n) is 7.07. The summed E-state index contributed by atoms with van der Waals surface area (Å²) in [7, 11) is 0. The Hall–Kier alpha value is -0.800. The molecule has 0 aliphatic carbocycles. The molecule has 0 unspecified atom stereocenters. The lowest BCUT2D eigenvalue weighted by atomic mass is 10.1. The summed E-state index contributed by atoms with van der Waals surface area (Å²) in [6.45, 7) is 1.97. The fraction of sp³-hybridized carbons (Fsp3) is 0.100. The second kappa shape index (κ2) is 3.16. The minimum atomic E-state index is 0.814. The van der Waals surface area contributed by atoms with Crippen molar-refractivity contribution < 1.29 is 4.79 Å². The molecule has 66 valence electrons. The molecule has 1 nitrogen and oxygen atoms in total. The van der Waals surface area contributed by atoms with E-state index in [0.717, 1.165) is 31.7 Å². The van der Waals surface area contributed by atoms with Gasteiger partial charge in [-0.1, -0.05) is 6.07 Å². The molecular formula is C10H8OS2. The molecule has 13 heavy (non-hydrogen) atoms. The van der Waals surface area contributed by atoms with Crippen molar-refractivity contribution in [2.24, 2.45) is 0 Å². The van der Waals surface area contributed by atoms with Crippen molar-refractivity contribution in [1.82, 2.24) is 0 Å². The summed E-state index contributed by atoms with van der Waals surface area (Å²) in [5.41, 5.74) is 1.07. The Morgan fingerprint density at radius 1 is 1.46 bits per heavy atom. The highest BCUT2D eigenvalue weighted by Crippen LogP contribution is 2.30. The van der Waals surface area contributed by atoms with Gasteiger partial charge in [0.25, 0.3) is 0 Å². The van der Waals surface area contributed by atoms with Crippen molar-refractivity contribution in [1.29, 1.82) is 0 Å². The number of carbonyl (C=O) groups excluding carboxylic acids is 1. The summed E-state index contributed by atoms with van der Waals surface area (Å²) in [5, 5.41) is 1.16. The van der Waals surface area contributed by atoms with Crippen LogP contribution in [0.25, 0.3) is 10.1 Å². The van der Waals surface area contributed by atoms with Crippen LogP contribution in [0.1, 0.15) is 15.2 Å². The first kappa shape index (κ1) is 8.78. The molecule has 0 bridgehead atoms. The maximum absolute atomic E-state index is 10.7. The lowest BCUT2D eigenvalue weighted by Crippen LogP contribution is -1.75. The highest BCUT2D eigenvalue weighted by atomic mass is 32.1. The number of benzene rings is 1. The molecule has 2 aromatic rings. The molecule has 0 saturated heterocycles. The van der Waals surface area contributed by atoms with E-state index in [9.17, 15) is 4.79 Å². The number of rotatable bonds is 1. The van der Waals surface area contributed by atoms with Crippen LogP contribution < -0.4 is 0 Å². The molecule has 2 rings (SSSR count). The van der Waals surface area contributed by atoms with Crippen LogP contribution in [0.2, 0.25) is 0 Å². The monoisotopic (exact) mass is 208 g/mol. The summed E-state index contributed by atoms with van der Waals surface area (Å²) < 4.78 is 1.13. The molecule has 1 aromatic carbocycles. The van der Waals surface area contributed by atoms with Crippen molar-refractivity contribution >= 4 is 40.3 Å². The fourth-order valence-corrected chi connectivity index (χ4v) is 2.70. The van der Waals surface area contributed by atoms with E-state index in [2.05, 4.69) is 12.6 Å².